The third-order valence-electron chi connectivity index (χ3n) is 1.72. The van der Waals surface area contributed by atoms with Crippen LogP contribution >= 0.6 is 23.2 Å². The Balaban J connectivity index is 2.82. The number of ether oxygens (including phenoxy) is 1. The minimum Gasteiger partial charge on any atom is -0.444 e. The fraction of sp³-hybridized carbons (Fsp3) is 0.364. The number of halogens is 2. The Kier molecular flexibility index (Phi) is 4.11. The molecule has 0 heterocycles. The number of nitrogens with two attached hydrogens (primary N) is 1. The van der Waals surface area contributed by atoms with E-state index in [4.69, 9.17) is 33.7 Å². The third kappa shape index (κ3) is 4.32. The molecule has 0 fully saturated rings. The van der Waals surface area contributed by atoms with Gasteiger partial charge in [0.1, 0.15) is 5.60 Å². The molecule has 0 aromatic heterocycles. The third-order valence-corrected chi connectivity index (χ3v) is 2.36. The fourth-order valence-corrected chi connectivity index (χ4v) is 1.45. The second kappa shape index (κ2) is 5.02. The van der Waals surface area contributed by atoms with E-state index in [1.54, 1.807) is 20.8 Å². The molecule has 6 heteroatoms. The minimum atomic E-state index is -0.597. The van der Waals surface area contributed by atoms with Crippen molar-refractivity contribution in [2.75, 3.05) is 11.1 Å². The summed E-state index contributed by atoms with van der Waals surface area (Å²) >= 11 is 11.7. The first-order valence-corrected chi connectivity index (χ1v) is 5.69. The van der Waals surface area contributed by atoms with Crippen molar-refractivity contribution >= 4 is 40.7 Å². The van der Waals surface area contributed by atoms with Gasteiger partial charge in [-0.15, -0.1) is 0 Å². The summed E-state index contributed by atoms with van der Waals surface area (Å²) in [6, 6.07) is 2.94. The Morgan fingerprint density at radius 1 is 1.29 bits per heavy atom. The lowest BCUT2D eigenvalue weighted by Gasteiger charge is -2.20. The van der Waals surface area contributed by atoms with Crippen molar-refractivity contribution in [2.24, 2.45) is 0 Å². The molecule has 0 aliphatic carbocycles. The first-order valence-electron chi connectivity index (χ1n) is 4.93. The van der Waals surface area contributed by atoms with E-state index >= 15 is 0 Å². The number of nitrogens with one attached hydrogen (secondary N) is 1. The van der Waals surface area contributed by atoms with Gasteiger partial charge in [-0.05, 0) is 32.9 Å². The predicted octanol–water partition coefficient (Wildman–Crippen LogP) is 3.92. The molecule has 0 unspecified atom stereocenters. The summed E-state index contributed by atoms with van der Waals surface area (Å²) in [5.41, 5.74) is 5.70. The molecule has 0 radical (unpaired) electrons. The lowest BCUT2D eigenvalue weighted by molar-refractivity contribution is 0.0636. The number of hydrogen-bond acceptors (Lipinski definition) is 3. The number of carbonyl (C=O) groups excluding carboxylic acids is 1. The van der Waals surface area contributed by atoms with E-state index < -0.39 is 11.7 Å². The van der Waals surface area contributed by atoms with Gasteiger partial charge in [0, 0.05) is 0 Å². The van der Waals surface area contributed by atoms with E-state index in [-0.39, 0.29) is 0 Å². The first kappa shape index (κ1) is 13.9. The zero-order chi connectivity index (χ0) is 13.2. The lowest BCUT2D eigenvalue weighted by Crippen LogP contribution is -2.27. The number of rotatable bonds is 1. The number of hydrogen-bond donors (Lipinski definition) is 2. The van der Waals surface area contributed by atoms with Gasteiger partial charge in [0.25, 0.3) is 0 Å². The standard InChI is InChI=1S/C11H14Cl2N2O2/c1-11(2,3)17-10(16)15-9-5-6(12)8(14)4-7(9)13/h4-5H,14H2,1-3H3,(H,15,16). The van der Waals surface area contributed by atoms with Crippen LogP contribution in [0.5, 0.6) is 0 Å². The van der Waals surface area contributed by atoms with Crippen LogP contribution < -0.4 is 11.1 Å². The van der Waals surface area contributed by atoms with Crippen LogP contribution in [0.1, 0.15) is 20.8 Å². The maximum Gasteiger partial charge on any atom is 0.412 e. The molecule has 3 N–H and O–H groups in total. The molecule has 0 spiro atoms. The highest BCUT2D eigenvalue weighted by Gasteiger charge is 2.17. The van der Waals surface area contributed by atoms with Gasteiger partial charge in [-0.25, -0.2) is 4.79 Å². The summed E-state index contributed by atoms with van der Waals surface area (Å²) in [6.45, 7) is 5.30. The quantitative estimate of drug-likeness (QED) is 0.764. The van der Waals surface area contributed by atoms with Gasteiger partial charge in [0.2, 0.25) is 0 Å². The summed E-state index contributed by atoms with van der Waals surface area (Å²) in [5.74, 6) is 0. The number of carbonyl (C=O) groups is 1. The number of benzene rings is 1. The monoisotopic (exact) mass is 276 g/mol. The Labute approximate surface area is 110 Å². The summed E-state index contributed by atoms with van der Waals surface area (Å²) in [7, 11) is 0. The Hall–Kier alpha value is -1.13. The highest BCUT2D eigenvalue weighted by Crippen LogP contribution is 2.31. The van der Waals surface area contributed by atoms with Gasteiger partial charge in [-0.2, -0.15) is 0 Å². The van der Waals surface area contributed by atoms with E-state index in [0.717, 1.165) is 0 Å². The fourth-order valence-electron chi connectivity index (χ4n) is 1.07. The summed E-state index contributed by atoms with van der Waals surface area (Å²) in [5, 5.41) is 3.13. The second-order valence-corrected chi connectivity index (χ2v) is 5.29. The number of anilines is 2. The predicted molar refractivity (Wildman–Crippen MR) is 70.7 cm³/mol. The van der Waals surface area contributed by atoms with Gasteiger partial charge in [0.05, 0.1) is 21.4 Å². The van der Waals surface area contributed by atoms with Crippen LogP contribution in [-0.2, 0) is 4.74 Å². The zero-order valence-electron chi connectivity index (χ0n) is 9.80. The number of nitrogen functional groups attached to an aromatic ring is 1. The molecule has 1 rings (SSSR count). The highest BCUT2D eigenvalue weighted by molar-refractivity contribution is 6.37. The molecular weight excluding hydrogens is 263 g/mol. The van der Waals surface area contributed by atoms with Crippen LogP contribution in [-0.4, -0.2) is 11.7 Å². The van der Waals surface area contributed by atoms with Crippen molar-refractivity contribution in [1.82, 2.24) is 0 Å². The van der Waals surface area contributed by atoms with Crippen LogP contribution in [0.3, 0.4) is 0 Å². The van der Waals surface area contributed by atoms with Crippen LogP contribution in [0, 0.1) is 0 Å². The van der Waals surface area contributed by atoms with Crippen molar-refractivity contribution < 1.29 is 9.53 Å². The smallest absolute Gasteiger partial charge is 0.412 e. The maximum absolute atomic E-state index is 11.5. The summed E-state index contributed by atoms with van der Waals surface area (Å²) < 4.78 is 5.08. The molecule has 1 aromatic carbocycles. The molecule has 0 saturated heterocycles. The van der Waals surface area contributed by atoms with Gasteiger partial charge >= 0.3 is 6.09 Å². The topological polar surface area (TPSA) is 64.3 Å². The minimum absolute atomic E-state index is 0.303. The lowest BCUT2D eigenvalue weighted by atomic mass is 10.2. The van der Waals surface area contributed by atoms with Crippen molar-refractivity contribution in [3.63, 3.8) is 0 Å². The molecule has 0 aliphatic heterocycles. The first-order chi connectivity index (χ1) is 7.69. The van der Waals surface area contributed by atoms with E-state index in [9.17, 15) is 4.79 Å². The van der Waals surface area contributed by atoms with Crippen LogP contribution in [0.2, 0.25) is 10.0 Å². The zero-order valence-corrected chi connectivity index (χ0v) is 11.3. The SMILES string of the molecule is CC(C)(C)OC(=O)Nc1cc(Cl)c(N)cc1Cl. The van der Waals surface area contributed by atoms with Gasteiger partial charge in [-0.1, -0.05) is 23.2 Å². The Bertz CT molecular complexity index is 442. The highest BCUT2D eigenvalue weighted by atomic mass is 35.5. The molecule has 4 nitrogen and oxygen atoms in total. The normalized spacial score (nSPS) is 11.1. The molecule has 0 aliphatic rings. The Morgan fingerprint density at radius 2 is 1.88 bits per heavy atom. The van der Waals surface area contributed by atoms with Gasteiger partial charge in [-0.3, -0.25) is 5.32 Å². The average Bonchev–Trinajstić information content (AvgIpc) is 2.11. The molecule has 94 valence electrons. The summed E-state index contributed by atoms with van der Waals surface area (Å²) in [6.07, 6.45) is -0.597. The van der Waals surface area contributed by atoms with Crippen molar-refractivity contribution in [3.05, 3.63) is 22.2 Å². The second-order valence-electron chi connectivity index (χ2n) is 4.48. The summed E-state index contributed by atoms with van der Waals surface area (Å²) in [4.78, 5) is 11.5. The number of amides is 1. The molecule has 1 aromatic rings. The van der Waals surface area contributed by atoms with E-state index in [1.807, 2.05) is 0 Å². The molecule has 0 atom stereocenters. The van der Waals surface area contributed by atoms with Crippen molar-refractivity contribution in [2.45, 2.75) is 26.4 Å². The molecular formula is C11H14Cl2N2O2. The van der Waals surface area contributed by atoms with E-state index in [0.29, 0.717) is 21.4 Å². The van der Waals surface area contributed by atoms with Crippen LogP contribution in [0.4, 0.5) is 16.2 Å². The largest absolute Gasteiger partial charge is 0.444 e. The van der Waals surface area contributed by atoms with Crippen LogP contribution in [0.15, 0.2) is 12.1 Å². The van der Waals surface area contributed by atoms with E-state index in [2.05, 4.69) is 5.32 Å². The maximum atomic E-state index is 11.5. The van der Waals surface area contributed by atoms with Crippen LogP contribution in [0.25, 0.3) is 0 Å². The Morgan fingerprint density at radius 3 is 2.41 bits per heavy atom. The molecule has 0 saturated carbocycles. The average molecular weight is 277 g/mol. The van der Waals surface area contributed by atoms with Crippen molar-refractivity contribution in [1.29, 1.82) is 0 Å². The van der Waals surface area contributed by atoms with Gasteiger partial charge in [0.15, 0.2) is 0 Å². The van der Waals surface area contributed by atoms with E-state index in [1.165, 1.54) is 12.1 Å². The molecule has 1 amide bonds. The van der Waals surface area contributed by atoms with Crippen molar-refractivity contribution in [3.8, 4) is 0 Å². The molecule has 0 bridgehead atoms. The van der Waals surface area contributed by atoms with Gasteiger partial charge < -0.3 is 10.5 Å². The molecule has 17 heavy (non-hydrogen) atoms.